The Bertz CT molecular complexity index is 358. The van der Waals surface area contributed by atoms with Gasteiger partial charge in [-0.2, -0.15) is 15.0 Å². The second-order valence-corrected chi connectivity index (χ2v) is 4.04. The molecular formula is C9H16ClN5O. The van der Waals surface area contributed by atoms with Gasteiger partial charge in [0.2, 0.25) is 17.2 Å². The Labute approximate surface area is 99.5 Å². The van der Waals surface area contributed by atoms with Crippen LogP contribution in [-0.4, -0.2) is 39.3 Å². The zero-order valence-electron chi connectivity index (χ0n) is 9.58. The third-order valence-corrected chi connectivity index (χ3v) is 2.39. The molecule has 0 spiro atoms. The molecule has 0 radical (unpaired) electrons. The SMILES string of the molecule is CCC(C)(O)CNc1nc(Cl)nc(NC)n1. The molecule has 7 heteroatoms. The zero-order valence-corrected chi connectivity index (χ0v) is 10.3. The number of nitrogens with zero attached hydrogens (tertiary/aromatic N) is 3. The van der Waals surface area contributed by atoms with E-state index in [-0.39, 0.29) is 5.28 Å². The van der Waals surface area contributed by atoms with Crippen LogP contribution in [0.2, 0.25) is 5.28 Å². The van der Waals surface area contributed by atoms with Gasteiger partial charge in [0, 0.05) is 13.6 Å². The molecule has 0 saturated carbocycles. The van der Waals surface area contributed by atoms with E-state index in [1.807, 2.05) is 6.92 Å². The lowest BCUT2D eigenvalue weighted by Gasteiger charge is -2.21. The van der Waals surface area contributed by atoms with E-state index in [9.17, 15) is 5.11 Å². The molecular weight excluding hydrogens is 230 g/mol. The molecule has 0 aliphatic carbocycles. The Hall–Kier alpha value is -1.14. The van der Waals surface area contributed by atoms with E-state index in [0.29, 0.717) is 24.9 Å². The lowest BCUT2D eigenvalue weighted by Crippen LogP contribution is -2.33. The molecule has 1 aromatic heterocycles. The molecule has 1 heterocycles. The highest BCUT2D eigenvalue weighted by Crippen LogP contribution is 2.12. The Morgan fingerprint density at radius 3 is 2.50 bits per heavy atom. The first kappa shape index (κ1) is 12.9. The van der Waals surface area contributed by atoms with Gasteiger partial charge in [0.1, 0.15) is 0 Å². The van der Waals surface area contributed by atoms with Crippen molar-refractivity contribution in [2.45, 2.75) is 25.9 Å². The predicted molar refractivity (Wildman–Crippen MR) is 63.8 cm³/mol. The van der Waals surface area contributed by atoms with Gasteiger partial charge in [-0.1, -0.05) is 6.92 Å². The number of hydrogen-bond donors (Lipinski definition) is 3. The van der Waals surface area contributed by atoms with Crippen LogP contribution in [0.1, 0.15) is 20.3 Å². The molecule has 0 saturated heterocycles. The molecule has 1 atom stereocenters. The van der Waals surface area contributed by atoms with Gasteiger partial charge < -0.3 is 15.7 Å². The number of halogens is 1. The van der Waals surface area contributed by atoms with Crippen molar-refractivity contribution >= 4 is 23.5 Å². The highest BCUT2D eigenvalue weighted by molar-refractivity contribution is 6.28. The first-order valence-corrected chi connectivity index (χ1v) is 5.40. The molecule has 0 aliphatic heterocycles. The monoisotopic (exact) mass is 245 g/mol. The average molecular weight is 246 g/mol. The molecule has 3 N–H and O–H groups in total. The zero-order chi connectivity index (χ0) is 12.2. The molecule has 6 nitrogen and oxygen atoms in total. The smallest absolute Gasteiger partial charge is 0.228 e. The van der Waals surface area contributed by atoms with Gasteiger partial charge in [-0.05, 0) is 24.9 Å². The fourth-order valence-corrected chi connectivity index (χ4v) is 1.10. The van der Waals surface area contributed by atoms with Crippen LogP contribution in [-0.2, 0) is 0 Å². The summed E-state index contributed by atoms with van der Waals surface area (Å²) in [6.07, 6.45) is 0.637. The van der Waals surface area contributed by atoms with Gasteiger partial charge in [0.15, 0.2) is 0 Å². The van der Waals surface area contributed by atoms with Crippen LogP contribution >= 0.6 is 11.6 Å². The van der Waals surface area contributed by atoms with Gasteiger partial charge in [-0.15, -0.1) is 0 Å². The molecule has 0 amide bonds. The second-order valence-electron chi connectivity index (χ2n) is 3.71. The third-order valence-electron chi connectivity index (χ3n) is 2.22. The van der Waals surface area contributed by atoms with Crippen LogP contribution < -0.4 is 10.6 Å². The van der Waals surface area contributed by atoms with Crippen LogP contribution in [0.25, 0.3) is 0 Å². The lowest BCUT2D eigenvalue weighted by atomic mass is 10.0. The average Bonchev–Trinajstić information content (AvgIpc) is 2.26. The molecule has 0 bridgehead atoms. The van der Waals surface area contributed by atoms with Crippen molar-refractivity contribution in [3.8, 4) is 0 Å². The lowest BCUT2D eigenvalue weighted by molar-refractivity contribution is 0.0695. The van der Waals surface area contributed by atoms with E-state index < -0.39 is 5.60 Å². The predicted octanol–water partition coefficient (Wildman–Crippen LogP) is 1.14. The quantitative estimate of drug-likeness (QED) is 0.722. The summed E-state index contributed by atoms with van der Waals surface area (Å²) in [6.45, 7) is 4.00. The van der Waals surface area contributed by atoms with Crippen LogP contribution in [0.15, 0.2) is 0 Å². The maximum atomic E-state index is 9.80. The molecule has 1 unspecified atom stereocenters. The van der Waals surface area contributed by atoms with Crippen LogP contribution in [0.5, 0.6) is 0 Å². The van der Waals surface area contributed by atoms with Gasteiger partial charge in [0.05, 0.1) is 5.60 Å². The topological polar surface area (TPSA) is 83.0 Å². The summed E-state index contributed by atoms with van der Waals surface area (Å²) < 4.78 is 0. The number of hydrogen-bond acceptors (Lipinski definition) is 6. The molecule has 16 heavy (non-hydrogen) atoms. The molecule has 90 valence electrons. The molecule has 0 aromatic carbocycles. The van der Waals surface area contributed by atoms with E-state index in [1.165, 1.54) is 0 Å². The third kappa shape index (κ3) is 3.79. The Balaban J connectivity index is 2.70. The molecule has 1 aromatic rings. The van der Waals surface area contributed by atoms with Crippen LogP contribution in [0.4, 0.5) is 11.9 Å². The minimum atomic E-state index is -0.793. The largest absolute Gasteiger partial charge is 0.388 e. The fraction of sp³-hybridized carbons (Fsp3) is 0.667. The van der Waals surface area contributed by atoms with Crippen molar-refractivity contribution in [1.82, 2.24) is 15.0 Å². The van der Waals surface area contributed by atoms with E-state index in [0.717, 1.165) is 0 Å². The molecule has 1 rings (SSSR count). The van der Waals surface area contributed by atoms with Crippen molar-refractivity contribution in [1.29, 1.82) is 0 Å². The summed E-state index contributed by atoms with van der Waals surface area (Å²) in [6, 6.07) is 0. The summed E-state index contributed by atoms with van der Waals surface area (Å²) in [5.74, 6) is 0.733. The number of anilines is 2. The summed E-state index contributed by atoms with van der Waals surface area (Å²) >= 11 is 5.71. The van der Waals surface area contributed by atoms with Gasteiger partial charge in [-0.3, -0.25) is 0 Å². The Morgan fingerprint density at radius 1 is 1.31 bits per heavy atom. The van der Waals surface area contributed by atoms with Gasteiger partial charge in [-0.25, -0.2) is 0 Å². The summed E-state index contributed by atoms with van der Waals surface area (Å²) in [7, 11) is 1.69. The Morgan fingerprint density at radius 2 is 1.94 bits per heavy atom. The summed E-state index contributed by atoms with van der Waals surface area (Å²) in [4.78, 5) is 11.8. The van der Waals surface area contributed by atoms with E-state index in [4.69, 9.17) is 11.6 Å². The van der Waals surface area contributed by atoms with Crippen LogP contribution in [0, 0.1) is 0 Å². The van der Waals surface area contributed by atoms with Crippen molar-refractivity contribution in [3.63, 3.8) is 0 Å². The van der Waals surface area contributed by atoms with Crippen LogP contribution in [0.3, 0.4) is 0 Å². The van der Waals surface area contributed by atoms with Crippen molar-refractivity contribution < 1.29 is 5.11 Å². The van der Waals surface area contributed by atoms with Gasteiger partial charge in [0.25, 0.3) is 0 Å². The first-order valence-electron chi connectivity index (χ1n) is 5.02. The summed E-state index contributed by atoms with van der Waals surface area (Å²) in [5, 5.41) is 15.6. The second kappa shape index (κ2) is 5.27. The molecule has 0 aliphatic rings. The number of rotatable bonds is 5. The minimum Gasteiger partial charge on any atom is -0.388 e. The maximum absolute atomic E-state index is 9.80. The first-order chi connectivity index (χ1) is 7.46. The van der Waals surface area contributed by atoms with Gasteiger partial charge >= 0.3 is 0 Å². The summed E-state index contributed by atoms with van der Waals surface area (Å²) in [5.41, 5.74) is -0.793. The number of nitrogens with one attached hydrogen (secondary N) is 2. The van der Waals surface area contributed by atoms with Crippen molar-refractivity contribution in [3.05, 3.63) is 5.28 Å². The Kier molecular flexibility index (Phi) is 4.26. The number of aromatic nitrogens is 3. The van der Waals surface area contributed by atoms with Crippen molar-refractivity contribution in [2.75, 3.05) is 24.2 Å². The van der Waals surface area contributed by atoms with Crippen molar-refractivity contribution in [2.24, 2.45) is 0 Å². The van der Waals surface area contributed by atoms with E-state index in [1.54, 1.807) is 14.0 Å². The normalized spacial score (nSPS) is 14.3. The highest BCUT2D eigenvalue weighted by Gasteiger charge is 2.17. The highest BCUT2D eigenvalue weighted by atomic mass is 35.5. The van der Waals surface area contributed by atoms with E-state index >= 15 is 0 Å². The van der Waals surface area contributed by atoms with E-state index in [2.05, 4.69) is 25.6 Å². The standard InChI is InChI=1S/C9H16ClN5O/c1-4-9(2,16)5-12-8-14-6(10)13-7(11-3)15-8/h16H,4-5H2,1-3H3,(H2,11,12,13,14,15). The fourth-order valence-electron chi connectivity index (χ4n) is 0.935. The number of aliphatic hydroxyl groups is 1. The minimum absolute atomic E-state index is 0.109. The molecule has 0 fully saturated rings. The maximum Gasteiger partial charge on any atom is 0.228 e.